The molecule has 2 aliphatic heterocycles. The molecule has 0 spiro atoms. The molecule has 2 fully saturated rings. The van der Waals surface area contributed by atoms with Crippen molar-refractivity contribution in [3.63, 3.8) is 0 Å². The van der Waals surface area contributed by atoms with Crippen LogP contribution >= 0.6 is 24.0 Å². The van der Waals surface area contributed by atoms with Gasteiger partial charge >= 0.3 is 6.03 Å². The number of nitrogens with one attached hydrogen (secondary N) is 2. The molecular weight excluding hydrogens is 483 g/mol. The molecule has 2 aliphatic rings. The second kappa shape index (κ2) is 11.3. The fourth-order valence-electron chi connectivity index (χ4n) is 3.92. The number of rotatable bonds is 6. The van der Waals surface area contributed by atoms with Crippen molar-refractivity contribution in [3.8, 4) is 0 Å². The van der Waals surface area contributed by atoms with Crippen LogP contribution in [-0.4, -0.2) is 85.5 Å². The van der Waals surface area contributed by atoms with Gasteiger partial charge in [0.25, 0.3) is 0 Å². The van der Waals surface area contributed by atoms with E-state index in [0.29, 0.717) is 19.1 Å². The lowest BCUT2D eigenvalue weighted by atomic mass is 10.0. The summed E-state index contributed by atoms with van der Waals surface area (Å²) in [4.78, 5) is 33.6. The van der Waals surface area contributed by atoms with Gasteiger partial charge in [-0.1, -0.05) is 37.3 Å². The predicted octanol–water partition coefficient (Wildman–Crippen LogP) is 1.50. The molecule has 1 aromatic carbocycles. The Bertz CT molecular complexity index is 690. The Hall–Kier alpha value is -1.88. The van der Waals surface area contributed by atoms with Gasteiger partial charge in [0.2, 0.25) is 5.91 Å². The van der Waals surface area contributed by atoms with E-state index in [-0.39, 0.29) is 42.5 Å². The normalized spacial score (nSPS) is 19.0. The Morgan fingerprint density at radius 1 is 1.17 bits per heavy atom. The summed E-state index contributed by atoms with van der Waals surface area (Å²) in [5, 5.41) is 5.81. The Morgan fingerprint density at radius 2 is 1.86 bits per heavy atom. The summed E-state index contributed by atoms with van der Waals surface area (Å²) in [5.41, 5.74) is 1.37. The van der Waals surface area contributed by atoms with Crippen LogP contribution in [0.5, 0.6) is 0 Å². The summed E-state index contributed by atoms with van der Waals surface area (Å²) in [7, 11) is 1.77. The fourth-order valence-corrected chi connectivity index (χ4v) is 3.92. The largest absolute Gasteiger partial charge is 0.354 e. The number of carbonyl (C=O) groups is 2. The standard InChI is InChI=1S/C20H30N6O2.HI/c1-3-17(16-7-5-4-6-8-16)24-11-13-25(14-12-24)19(21-2)22-9-10-26-18(27)15-23-20(26)28;/h4-8,17H,3,9-15H2,1-2H3,(H,21,22)(H,23,28);1H. The monoisotopic (exact) mass is 514 g/mol. The quantitative estimate of drug-likeness (QED) is 0.261. The molecule has 29 heavy (non-hydrogen) atoms. The third-order valence-electron chi connectivity index (χ3n) is 5.39. The molecule has 8 nitrogen and oxygen atoms in total. The number of imide groups is 1. The van der Waals surface area contributed by atoms with Crippen LogP contribution in [-0.2, 0) is 4.79 Å². The Morgan fingerprint density at radius 3 is 2.41 bits per heavy atom. The molecule has 1 atom stereocenters. The van der Waals surface area contributed by atoms with Crippen molar-refractivity contribution >= 4 is 41.9 Å². The Labute approximate surface area is 189 Å². The lowest BCUT2D eigenvalue weighted by Gasteiger charge is -2.40. The fraction of sp³-hybridized carbons (Fsp3) is 0.550. The number of urea groups is 1. The Kier molecular flexibility index (Phi) is 9.15. The molecule has 1 unspecified atom stereocenters. The van der Waals surface area contributed by atoms with E-state index in [2.05, 4.69) is 62.7 Å². The molecule has 0 saturated carbocycles. The van der Waals surface area contributed by atoms with Gasteiger partial charge in [0, 0.05) is 52.4 Å². The topological polar surface area (TPSA) is 80.3 Å². The van der Waals surface area contributed by atoms with Gasteiger partial charge in [-0.2, -0.15) is 0 Å². The van der Waals surface area contributed by atoms with Crippen LogP contribution in [0.3, 0.4) is 0 Å². The highest BCUT2D eigenvalue weighted by molar-refractivity contribution is 14.0. The van der Waals surface area contributed by atoms with Gasteiger partial charge in [-0.15, -0.1) is 24.0 Å². The van der Waals surface area contributed by atoms with Gasteiger partial charge in [0.1, 0.15) is 0 Å². The molecule has 0 radical (unpaired) electrons. The van der Waals surface area contributed by atoms with Crippen molar-refractivity contribution in [1.82, 2.24) is 25.3 Å². The zero-order valence-corrected chi connectivity index (χ0v) is 19.5. The summed E-state index contributed by atoms with van der Waals surface area (Å²) in [6.07, 6.45) is 1.09. The first kappa shape index (κ1) is 23.4. The van der Waals surface area contributed by atoms with E-state index in [1.807, 2.05) is 0 Å². The summed E-state index contributed by atoms with van der Waals surface area (Å²) < 4.78 is 0. The molecular formula is C20H31IN6O2. The first-order chi connectivity index (χ1) is 13.6. The van der Waals surface area contributed by atoms with Gasteiger partial charge in [0.05, 0.1) is 6.54 Å². The third kappa shape index (κ3) is 5.81. The zero-order valence-electron chi connectivity index (χ0n) is 17.1. The van der Waals surface area contributed by atoms with E-state index in [9.17, 15) is 9.59 Å². The van der Waals surface area contributed by atoms with Gasteiger partial charge in [0.15, 0.2) is 5.96 Å². The molecule has 3 amide bonds. The van der Waals surface area contributed by atoms with Crippen molar-refractivity contribution in [3.05, 3.63) is 35.9 Å². The molecule has 2 heterocycles. The number of carbonyl (C=O) groups excluding carboxylic acids is 2. The number of piperazine rings is 1. The molecule has 1 aromatic rings. The summed E-state index contributed by atoms with van der Waals surface area (Å²) in [6, 6.07) is 10.8. The van der Waals surface area contributed by atoms with Crippen molar-refractivity contribution in [2.24, 2.45) is 4.99 Å². The van der Waals surface area contributed by atoms with Crippen LogP contribution in [0, 0.1) is 0 Å². The van der Waals surface area contributed by atoms with Crippen molar-refractivity contribution in [1.29, 1.82) is 0 Å². The van der Waals surface area contributed by atoms with E-state index in [4.69, 9.17) is 0 Å². The summed E-state index contributed by atoms with van der Waals surface area (Å²) >= 11 is 0. The number of hydrogen-bond acceptors (Lipinski definition) is 4. The number of amides is 3. The maximum atomic E-state index is 11.6. The maximum Gasteiger partial charge on any atom is 0.324 e. The van der Waals surface area contributed by atoms with E-state index in [1.165, 1.54) is 10.5 Å². The molecule has 2 N–H and O–H groups in total. The maximum absolute atomic E-state index is 11.6. The van der Waals surface area contributed by atoms with E-state index in [0.717, 1.165) is 38.6 Å². The van der Waals surface area contributed by atoms with Crippen molar-refractivity contribution < 1.29 is 9.59 Å². The average Bonchev–Trinajstić information content (AvgIpc) is 3.05. The minimum Gasteiger partial charge on any atom is -0.354 e. The number of halogens is 1. The lowest BCUT2D eigenvalue weighted by Crippen LogP contribution is -2.53. The molecule has 0 aliphatic carbocycles. The average molecular weight is 514 g/mol. The van der Waals surface area contributed by atoms with Gasteiger partial charge in [-0.3, -0.25) is 19.6 Å². The number of hydrogen-bond donors (Lipinski definition) is 2. The first-order valence-corrected chi connectivity index (χ1v) is 9.96. The minimum absolute atomic E-state index is 0. The van der Waals surface area contributed by atoms with E-state index in [1.54, 1.807) is 7.05 Å². The van der Waals surface area contributed by atoms with Crippen LogP contribution in [0.25, 0.3) is 0 Å². The SMILES string of the molecule is CCC(c1ccccc1)N1CCN(C(=NC)NCCN2C(=O)CNC2=O)CC1.I. The van der Waals surface area contributed by atoms with Crippen molar-refractivity contribution in [2.45, 2.75) is 19.4 Å². The van der Waals surface area contributed by atoms with Crippen LogP contribution in [0.2, 0.25) is 0 Å². The Balaban J connectivity index is 0.00000300. The summed E-state index contributed by atoms with van der Waals surface area (Å²) in [5.74, 6) is 0.640. The minimum atomic E-state index is -0.318. The molecule has 2 saturated heterocycles. The highest BCUT2D eigenvalue weighted by atomic mass is 127. The smallest absolute Gasteiger partial charge is 0.324 e. The van der Waals surface area contributed by atoms with Crippen LogP contribution in [0.1, 0.15) is 24.9 Å². The van der Waals surface area contributed by atoms with Gasteiger partial charge in [-0.05, 0) is 12.0 Å². The number of benzene rings is 1. The van der Waals surface area contributed by atoms with E-state index >= 15 is 0 Å². The predicted molar refractivity (Wildman–Crippen MR) is 125 cm³/mol. The highest BCUT2D eigenvalue weighted by Gasteiger charge is 2.28. The number of aliphatic imine (C=N–C) groups is 1. The molecule has 9 heteroatoms. The number of nitrogens with zero attached hydrogens (tertiary/aromatic N) is 4. The lowest BCUT2D eigenvalue weighted by molar-refractivity contribution is -0.124. The third-order valence-corrected chi connectivity index (χ3v) is 5.39. The van der Waals surface area contributed by atoms with Gasteiger partial charge < -0.3 is 15.5 Å². The molecule has 3 rings (SSSR count). The van der Waals surface area contributed by atoms with Gasteiger partial charge in [-0.25, -0.2) is 4.79 Å². The molecule has 0 bridgehead atoms. The first-order valence-electron chi connectivity index (χ1n) is 9.96. The summed E-state index contributed by atoms with van der Waals surface area (Å²) in [6.45, 7) is 6.90. The second-order valence-electron chi connectivity index (χ2n) is 7.04. The zero-order chi connectivity index (χ0) is 19.9. The molecule has 0 aromatic heterocycles. The number of guanidine groups is 1. The highest BCUT2D eigenvalue weighted by Crippen LogP contribution is 2.25. The second-order valence-corrected chi connectivity index (χ2v) is 7.04. The van der Waals surface area contributed by atoms with Crippen LogP contribution in [0.4, 0.5) is 4.79 Å². The van der Waals surface area contributed by atoms with Crippen LogP contribution < -0.4 is 10.6 Å². The van der Waals surface area contributed by atoms with Crippen molar-refractivity contribution in [2.75, 3.05) is 52.9 Å². The molecule has 160 valence electrons. The van der Waals surface area contributed by atoms with Crippen LogP contribution in [0.15, 0.2) is 35.3 Å². The van der Waals surface area contributed by atoms with E-state index < -0.39 is 0 Å².